The second-order valence-electron chi connectivity index (χ2n) is 4.78. The first-order chi connectivity index (χ1) is 11.0. The van der Waals surface area contributed by atoms with E-state index in [1.165, 1.54) is 13.0 Å². The molecular formula is C18H14Cl2O2S. The van der Waals surface area contributed by atoms with Crippen molar-refractivity contribution in [2.45, 2.75) is 6.92 Å². The first-order valence-electron chi connectivity index (χ1n) is 6.78. The summed E-state index contributed by atoms with van der Waals surface area (Å²) < 4.78 is 12.5. The van der Waals surface area contributed by atoms with Gasteiger partial charge >= 0.3 is 0 Å². The summed E-state index contributed by atoms with van der Waals surface area (Å²) >= 11 is 11.7. The molecule has 0 saturated heterocycles. The zero-order valence-corrected chi connectivity index (χ0v) is 14.7. The Bertz CT molecular complexity index is 776. The van der Waals surface area contributed by atoms with Crippen molar-refractivity contribution in [3.05, 3.63) is 81.2 Å². The molecule has 0 aliphatic heterocycles. The maximum absolute atomic E-state index is 12.5. The largest absolute Gasteiger partial charge is 0.295 e. The quantitative estimate of drug-likeness (QED) is 0.670. The normalized spacial score (nSPS) is 13.3. The molecule has 0 aromatic heterocycles. The van der Waals surface area contributed by atoms with Gasteiger partial charge in [0.1, 0.15) is 0 Å². The van der Waals surface area contributed by atoms with E-state index in [0.717, 1.165) is 5.56 Å². The third-order valence-corrected chi connectivity index (χ3v) is 4.61. The van der Waals surface area contributed by atoms with Crippen LogP contribution in [-0.4, -0.2) is 9.99 Å². The van der Waals surface area contributed by atoms with Crippen LogP contribution in [0.2, 0.25) is 10.0 Å². The molecule has 2 nitrogen and oxygen atoms in total. The lowest BCUT2D eigenvalue weighted by Crippen LogP contribution is -1.95. The highest BCUT2D eigenvalue weighted by Gasteiger charge is 2.09. The van der Waals surface area contributed by atoms with Gasteiger partial charge in [0.15, 0.2) is 5.78 Å². The predicted molar refractivity (Wildman–Crippen MR) is 98.7 cm³/mol. The average Bonchev–Trinajstić information content (AvgIpc) is 2.52. The molecule has 0 bridgehead atoms. The summed E-state index contributed by atoms with van der Waals surface area (Å²) in [6, 6.07) is 14.1. The maximum Gasteiger partial charge on any atom is 0.153 e. The number of hydrogen-bond acceptors (Lipinski definition) is 2. The smallest absolute Gasteiger partial charge is 0.153 e. The molecule has 2 rings (SSSR count). The van der Waals surface area contributed by atoms with E-state index >= 15 is 0 Å². The molecule has 1 atom stereocenters. The van der Waals surface area contributed by atoms with Crippen LogP contribution in [0.25, 0.3) is 11.0 Å². The van der Waals surface area contributed by atoms with Gasteiger partial charge in [0.25, 0.3) is 0 Å². The van der Waals surface area contributed by atoms with E-state index in [0.29, 0.717) is 20.5 Å². The summed E-state index contributed by atoms with van der Waals surface area (Å²) in [5, 5.41) is 2.77. The van der Waals surface area contributed by atoms with Crippen molar-refractivity contribution in [3.63, 3.8) is 0 Å². The Labute approximate surface area is 147 Å². The van der Waals surface area contributed by atoms with Crippen molar-refractivity contribution in [3.8, 4) is 0 Å². The van der Waals surface area contributed by atoms with Crippen LogP contribution >= 0.6 is 23.2 Å². The molecule has 0 heterocycles. The molecule has 0 fully saturated rings. The first-order valence-corrected chi connectivity index (χ1v) is 8.75. The standard InChI is InChI=1S/C18H14Cl2O2S/c1-13(21)12-18(15-4-8-17(20)9-5-15)23(22)11-10-14-2-6-16(19)7-3-14/h2-12H,1H3/b11-10?,18-12+. The molecule has 0 N–H and O–H groups in total. The maximum atomic E-state index is 12.5. The zero-order valence-electron chi connectivity index (χ0n) is 12.3. The molecule has 23 heavy (non-hydrogen) atoms. The minimum atomic E-state index is -1.46. The molecule has 5 heteroatoms. The van der Waals surface area contributed by atoms with E-state index in [2.05, 4.69) is 0 Å². The van der Waals surface area contributed by atoms with Crippen LogP contribution < -0.4 is 0 Å². The van der Waals surface area contributed by atoms with E-state index in [1.807, 2.05) is 12.1 Å². The lowest BCUT2D eigenvalue weighted by Gasteiger charge is -2.05. The molecule has 118 valence electrons. The summed E-state index contributed by atoms with van der Waals surface area (Å²) in [6.07, 6.45) is 3.11. The second kappa shape index (κ2) is 8.25. The zero-order chi connectivity index (χ0) is 16.8. The highest BCUT2D eigenvalue weighted by molar-refractivity contribution is 7.97. The molecule has 0 aliphatic carbocycles. The fraction of sp³-hybridized carbons (Fsp3) is 0.0556. The molecule has 0 saturated carbocycles. The molecule has 0 radical (unpaired) electrons. The number of allylic oxidation sites excluding steroid dienone is 1. The number of carbonyl (C=O) groups excluding carboxylic acids is 1. The SMILES string of the molecule is CC(=O)/C=C(\c1ccc(Cl)cc1)S(=O)C=Cc1ccc(Cl)cc1. The van der Waals surface area contributed by atoms with E-state index in [1.54, 1.807) is 47.9 Å². The van der Waals surface area contributed by atoms with Gasteiger partial charge in [-0.25, -0.2) is 4.21 Å². The Hall–Kier alpha value is -1.68. The fourth-order valence-corrected chi connectivity index (χ4v) is 3.17. The van der Waals surface area contributed by atoms with Crippen molar-refractivity contribution in [1.29, 1.82) is 0 Å². The Balaban J connectivity index is 2.29. The van der Waals surface area contributed by atoms with Crippen molar-refractivity contribution >= 4 is 50.8 Å². The summed E-state index contributed by atoms with van der Waals surface area (Å²) in [5.74, 6) is -0.164. The van der Waals surface area contributed by atoms with Crippen LogP contribution in [0.1, 0.15) is 18.1 Å². The van der Waals surface area contributed by atoms with Crippen LogP contribution in [0.5, 0.6) is 0 Å². The minimum Gasteiger partial charge on any atom is -0.295 e. The number of benzene rings is 2. The lowest BCUT2D eigenvalue weighted by molar-refractivity contribution is -0.112. The summed E-state index contributed by atoms with van der Waals surface area (Å²) in [5.41, 5.74) is 1.57. The topological polar surface area (TPSA) is 34.1 Å². The van der Waals surface area contributed by atoms with Gasteiger partial charge in [-0.1, -0.05) is 47.5 Å². The highest BCUT2D eigenvalue weighted by Crippen LogP contribution is 2.22. The van der Waals surface area contributed by atoms with Crippen LogP contribution in [0.4, 0.5) is 0 Å². The van der Waals surface area contributed by atoms with E-state index in [4.69, 9.17) is 23.2 Å². The summed E-state index contributed by atoms with van der Waals surface area (Å²) in [7, 11) is -1.46. The third kappa shape index (κ3) is 5.47. The van der Waals surface area contributed by atoms with Gasteiger partial charge in [-0.2, -0.15) is 0 Å². The monoisotopic (exact) mass is 364 g/mol. The molecule has 1 unspecified atom stereocenters. The van der Waals surface area contributed by atoms with Crippen LogP contribution in [-0.2, 0) is 15.6 Å². The Morgan fingerprint density at radius 1 is 0.957 bits per heavy atom. The van der Waals surface area contributed by atoms with Gasteiger partial charge in [0, 0.05) is 15.5 Å². The molecule has 0 amide bonds. The van der Waals surface area contributed by atoms with Crippen LogP contribution in [0.3, 0.4) is 0 Å². The Kier molecular flexibility index (Phi) is 6.34. The molecule has 2 aromatic carbocycles. The number of halogens is 2. The predicted octanol–water partition coefficient (Wildman–Crippen LogP) is 5.34. The summed E-state index contributed by atoms with van der Waals surface area (Å²) in [6.45, 7) is 1.43. The lowest BCUT2D eigenvalue weighted by atomic mass is 10.2. The fourth-order valence-electron chi connectivity index (χ4n) is 1.84. The Morgan fingerprint density at radius 2 is 1.48 bits per heavy atom. The number of hydrogen-bond donors (Lipinski definition) is 0. The van der Waals surface area contributed by atoms with Gasteiger partial charge in [-0.3, -0.25) is 4.79 Å². The summed E-state index contributed by atoms with van der Waals surface area (Å²) in [4.78, 5) is 11.9. The van der Waals surface area contributed by atoms with Gasteiger partial charge in [-0.05, 0) is 54.5 Å². The van der Waals surface area contributed by atoms with Crippen LogP contribution in [0, 0.1) is 0 Å². The molecule has 2 aromatic rings. The van der Waals surface area contributed by atoms with Crippen molar-refractivity contribution < 1.29 is 9.00 Å². The van der Waals surface area contributed by atoms with Gasteiger partial charge in [0.05, 0.1) is 15.7 Å². The number of ketones is 1. The second-order valence-corrected chi connectivity index (χ2v) is 6.96. The minimum absolute atomic E-state index is 0.164. The van der Waals surface area contributed by atoms with Gasteiger partial charge in [-0.15, -0.1) is 0 Å². The highest BCUT2D eigenvalue weighted by atomic mass is 35.5. The van der Waals surface area contributed by atoms with E-state index in [-0.39, 0.29) is 5.78 Å². The first kappa shape index (κ1) is 17.7. The van der Waals surface area contributed by atoms with Gasteiger partial charge in [0.2, 0.25) is 0 Å². The third-order valence-electron chi connectivity index (χ3n) is 2.93. The van der Waals surface area contributed by atoms with Crippen molar-refractivity contribution in [2.24, 2.45) is 0 Å². The van der Waals surface area contributed by atoms with Gasteiger partial charge < -0.3 is 0 Å². The average molecular weight is 365 g/mol. The van der Waals surface area contributed by atoms with E-state index in [9.17, 15) is 9.00 Å². The number of rotatable bonds is 5. The Morgan fingerprint density at radius 3 is 2.00 bits per heavy atom. The van der Waals surface area contributed by atoms with E-state index < -0.39 is 10.8 Å². The van der Waals surface area contributed by atoms with Crippen LogP contribution in [0.15, 0.2) is 60.0 Å². The molecule has 0 spiro atoms. The number of carbonyl (C=O) groups is 1. The van der Waals surface area contributed by atoms with Crippen molar-refractivity contribution in [1.82, 2.24) is 0 Å². The molecular weight excluding hydrogens is 351 g/mol. The molecule has 0 aliphatic rings. The van der Waals surface area contributed by atoms with Crippen molar-refractivity contribution in [2.75, 3.05) is 0 Å².